The van der Waals surface area contributed by atoms with Gasteiger partial charge in [-0.2, -0.15) is 0 Å². The minimum absolute atomic E-state index is 1.00. The van der Waals surface area contributed by atoms with E-state index in [4.69, 9.17) is 0 Å². The van der Waals surface area contributed by atoms with E-state index < -0.39 is 0 Å². The number of nitrogens with zero attached hydrogens (tertiary/aromatic N) is 1. The van der Waals surface area contributed by atoms with E-state index in [2.05, 4.69) is 35.5 Å². The highest BCUT2D eigenvalue weighted by atomic mass is 14.9. The maximum atomic E-state index is 4.25. The van der Waals surface area contributed by atoms with Crippen LogP contribution in [0.3, 0.4) is 0 Å². The Morgan fingerprint density at radius 3 is 2.11 bits per heavy atom. The van der Waals surface area contributed by atoms with Crippen molar-refractivity contribution in [3.8, 4) is 0 Å². The summed E-state index contributed by atoms with van der Waals surface area (Å²) in [5.41, 5.74) is 2.23. The van der Waals surface area contributed by atoms with E-state index in [0.717, 1.165) is 30.9 Å². The van der Waals surface area contributed by atoms with Gasteiger partial charge in [-0.05, 0) is 18.9 Å². The summed E-state index contributed by atoms with van der Waals surface area (Å²) >= 11 is 0. The molecule has 0 amide bonds. The van der Waals surface area contributed by atoms with E-state index in [1.807, 2.05) is 12.4 Å². The molecule has 0 aliphatic heterocycles. The predicted octanol–water partition coefficient (Wildman–Crippen LogP) is 4.68. The molecule has 0 radical (unpaired) electrons. The zero-order chi connectivity index (χ0) is 13.8. The van der Waals surface area contributed by atoms with Gasteiger partial charge >= 0.3 is 0 Å². The fraction of sp³-hybridized carbons (Fsp3) is 0.688. The first-order valence-corrected chi connectivity index (χ1v) is 7.79. The molecule has 1 aromatic heterocycles. The van der Waals surface area contributed by atoms with Crippen molar-refractivity contribution in [2.24, 2.45) is 0 Å². The molecule has 0 atom stereocenters. The second-order valence-electron chi connectivity index (χ2n) is 5.08. The lowest BCUT2D eigenvalue weighted by atomic mass is 10.1. The Hall–Kier alpha value is -1.25. The number of anilines is 2. The van der Waals surface area contributed by atoms with Crippen LogP contribution in [-0.2, 0) is 0 Å². The fourth-order valence-electron chi connectivity index (χ4n) is 2.04. The largest absolute Gasteiger partial charge is 0.384 e. The van der Waals surface area contributed by atoms with Crippen LogP contribution in [0.1, 0.15) is 58.8 Å². The first-order chi connectivity index (χ1) is 9.36. The predicted molar refractivity (Wildman–Crippen MR) is 84.9 cm³/mol. The van der Waals surface area contributed by atoms with Crippen LogP contribution in [-0.4, -0.2) is 18.1 Å². The maximum Gasteiger partial charge on any atom is 0.0547 e. The van der Waals surface area contributed by atoms with Crippen LogP contribution in [0.2, 0.25) is 0 Å². The summed E-state index contributed by atoms with van der Waals surface area (Å²) in [6, 6.07) is 2.14. The van der Waals surface area contributed by atoms with Crippen LogP contribution in [0.25, 0.3) is 0 Å². The number of unbranched alkanes of at least 4 members (excludes halogenated alkanes) is 5. The standard InChI is InChI=1S/C16H29N3/c1-3-5-6-7-8-9-11-19-16-12-15(13-17-14-16)18-10-4-2/h12-14,18-19H,3-11H2,1-2H3. The summed E-state index contributed by atoms with van der Waals surface area (Å²) in [6.07, 6.45) is 12.9. The lowest BCUT2D eigenvalue weighted by Crippen LogP contribution is -2.04. The van der Waals surface area contributed by atoms with E-state index >= 15 is 0 Å². The molecule has 0 spiro atoms. The van der Waals surface area contributed by atoms with Gasteiger partial charge in [-0.25, -0.2) is 0 Å². The van der Waals surface area contributed by atoms with Gasteiger partial charge in [-0.15, -0.1) is 0 Å². The first kappa shape index (κ1) is 15.8. The van der Waals surface area contributed by atoms with Crippen molar-refractivity contribution in [3.05, 3.63) is 18.5 Å². The molecule has 3 nitrogen and oxygen atoms in total. The monoisotopic (exact) mass is 263 g/mol. The van der Waals surface area contributed by atoms with Gasteiger partial charge in [0.15, 0.2) is 0 Å². The third kappa shape index (κ3) is 7.70. The maximum absolute atomic E-state index is 4.25. The average Bonchev–Trinajstić information content (AvgIpc) is 2.44. The lowest BCUT2D eigenvalue weighted by Gasteiger charge is -2.09. The summed E-state index contributed by atoms with van der Waals surface area (Å²) in [7, 11) is 0. The van der Waals surface area contributed by atoms with Gasteiger partial charge in [0, 0.05) is 13.1 Å². The SMILES string of the molecule is CCCCCCCCNc1cncc(NCCC)c1. The number of aromatic nitrogens is 1. The first-order valence-electron chi connectivity index (χ1n) is 7.79. The summed E-state index contributed by atoms with van der Waals surface area (Å²) in [4.78, 5) is 4.25. The van der Waals surface area contributed by atoms with Crippen molar-refractivity contribution < 1.29 is 0 Å². The molecule has 0 aliphatic rings. The van der Waals surface area contributed by atoms with E-state index in [0.29, 0.717) is 0 Å². The molecular formula is C16H29N3. The van der Waals surface area contributed by atoms with Gasteiger partial charge in [0.05, 0.1) is 23.8 Å². The Balaban J connectivity index is 2.14. The van der Waals surface area contributed by atoms with Gasteiger partial charge < -0.3 is 10.6 Å². The molecule has 108 valence electrons. The molecular weight excluding hydrogens is 234 g/mol. The molecule has 0 saturated heterocycles. The van der Waals surface area contributed by atoms with Gasteiger partial charge in [-0.3, -0.25) is 4.98 Å². The van der Waals surface area contributed by atoms with Gasteiger partial charge in [0.2, 0.25) is 0 Å². The van der Waals surface area contributed by atoms with Crippen LogP contribution in [0.4, 0.5) is 11.4 Å². The molecule has 0 aliphatic carbocycles. The average molecular weight is 263 g/mol. The second kappa shape index (κ2) is 10.7. The Morgan fingerprint density at radius 2 is 1.42 bits per heavy atom. The minimum Gasteiger partial charge on any atom is -0.384 e. The number of hydrogen-bond acceptors (Lipinski definition) is 3. The molecule has 1 aromatic rings. The van der Waals surface area contributed by atoms with Gasteiger partial charge in [-0.1, -0.05) is 46.0 Å². The van der Waals surface area contributed by atoms with Crippen molar-refractivity contribution in [2.45, 2.75) is 58.8 Å². The normalized spacial score (nSPS) is 10.4. The van der Waals surface area contributed by atoms with Crippen LogP contribution in [0.15, 0.2) is 18.5 Å². The topological polar surface area (TPSA) is 37.0 Å². The number of nitrogens with one attached hydrogen (secondary N) is 2. The Kier molecular flexibility index (Phi) is 8.86. The lowest BCUT2D eigenvalue weighted by molar-refractivity contribution is 0.617. The highest BCUT2D eigenvalue weighted by molar-refractivity contribution is 5.53. The summed E-state index contributed by atoms with van der Waals surface area (Å²) in [6.45, 7) is 6.47. The zero-order valence-corrected chi connectivity index (χ0v) is 12.5. The molecule has 0 bridgehead atoms. The Labute approximate surface area is 118 Å². The van der Waals surface area contributed by atoms with Crippen molar-refractivity contribution in [1.29, 1.82) is 0 Å². The fourth-order valence-corrected chi connectivity index (χ4v) is 2.04. The molecule has 19 heavy (non-hydrogen) atoms. The van der Waals surface area contributed by atoms with Crippen molar-refractivity contribution in [1.82, 2.24) is 4.98 Å². The Bertz CT molecular complexity index is 326. The number of pyridine rings is 1. The van der Waals surface area contributed by atoms with E-state index in [1.54, 1.807) is 0 Å². The van der Waals surface area contributed by atoms with Crippen LogP contribution in [0.5, 0.6) is 0 Å². The minimum atomic E-state index is 1.00. The number of rotatable bonds is 11. The third-order valence-corrected chi connectivity index (χ3v) is 3.18. The third-order valence-electron chi connectivity index (χ3n) is 3.18. The van der Waals surface area contributed by atoms with Crippen molar-refractivity contribution in [3.63, 3.8) is 0 Å². The Morgan fingerprint density at radius 1 is 0.789 bits per heavy atom. The highest BCUT2D eigenvalue weighted by Crippen LogP contribution is 2.13. The van der Waals surface area contributed by atoms with E-state index in [1.165, 1.54) is 38.5 Å². The molecule has 0 saturated carbocycles. The molecule has 0 fully saturated rings. The quantitative estimate of drug-likeness (QED) is 0.569. The van der Waals surface area contributed by atoms with Gasteiger partial charge in [0.1, 0.15) is 0 Å². The molecule has 3 heteroatoms. The summed E-state index contributed by atoms with van der Waals surface area (Å²) in [5.74, 6) is 0. The van der Waals surface area contributed by atoms with Crippen LogP contribution < -0.4 is 10.6 Å². The molecule has 1 heterocycles. The molecule has 0 unspecified atom stereocenters. The summed E-state index contributed by atoms with van der Waals surface area (Å²) in [5, 5.41) is 6.81. The summed E-state index contributed by atoms with van der Waals surface area (Å²) < 4.78 is 0. The van der Waals surface area contributed by atoms with Crippen molar-refractivity contribution >= 4 is 11.4 Å². The highest BCUT2D eigenvalue weighted by Gasteiger charge is 1.96. The van der Waals surface area contributed by atoms with E-state index in [9.17, 15) is 0 Å². The zero-order valence-electron chi connectivity index (χ0n) is 12.5. The second-order valence-corrected chi connectivity index (χ2v) is 5.08. The number of hydrogen-bond donors (Lipinski definition) is 2. The smallest absolute Gasteiger partial charge is 0.0547 e. The van der Waals surface area contributed by atoms with Crippen LogP contribution >= 0.6 is 0 Å². The molecule has 0 aromatic carbocycles. The van der Waals surface area contributed by atoms with E-state index in [-0.39, 0.29) is 0 Å². The molecule has 1 rings (SSSR count). The van der Waals surface area contributed by atoms with Crippen molar-refractivity contribution in [2.75, 3.05) is 23.7 Å². The molecule has 2 N–H and O–H groups in total. The van der Waals surface area contributed by atoms with Crippen LogP contribution in [0, 0.1) is 0 Å². The van der Waals surface area contributed by atoms with Gasteiger partial charge in [0.25, 0.3) is 0 Å².